The number of anilines is 1. The minimum absolute atomic E-state index is 0.0716. The van der Waals surface area contributed by atoms with Crippen LogP contribution in [0.25, 0.3) is 11.5 Å². The Hall–Kier alpha value is -1.77. The van der Waals surface area contributed by atoms with Crippen molar-refractivity contribution in [2.45, 2.75) is 38.3 Å². The molecule has 120 valence electrons. The van der Waals surface area contributed by atoms with Crippen LogP contribution in [0.1, 0.15) is 32.2 Å². The average molecular weight is 326 g/mol. The molecular formula is C11H19N8O2P. The summed E-state index contributed by atoms with van der Waals surface area (Å²) >= 11 is 0. The molecule has 10 nitrogen and oxygen atoms in total. The Bertz CT molecular complexity index is 678. The van der Waals surface area contributed by atoms with Gasteiger partial charge in [0.1, 0.15) is 5.69 Å². The average Bonchev–Trinajstić information content (AvgIpc) is 3.11. The zero-order valence-corrected chi connectivity index (χ0v) is 13.1. The molecule has 0 spiro atoms. The van der Waals surface area contributed by atoms with E-state index in [9.17, 15) is 9.46 Å². The normalized spacial score (nSPS) is 23.6. The molecule has 2 aromatic heterocycles. The number of imidazole rings is 1. The number of nitrogens with zero attached hydrogens (tertiary/aromatic N) is 5. The van der Waals surface area contributed by atoms with Crippen LogP contribution < -0.4 is 10.8 Å². The third-order valence-electron chi connectivity index (χ3n) is 3.88. The first kappa shape index (κ1) is 15.1. The highest BCUT2D eigenvalue weighted by Gasteiger charge is 2.29. The number of nitrogens with two attached hydrogens (primary N) is 1. The van der Waals surface area contributed by atoms with Gasteiger partial charge in [-0.3, -0.25) is 10.1 Å². The summed E-state index contributed by atoms with van der Waals surface area (Å²) in [7, 11) is -3.51. The van der Waals surface area contributed by atoms with Gasteiger partial charge in [0.05, 0.1) is 0 Å². The molecule has 0 aromatic carbocycles. The molecular weight excluding hydrogens is 307 g/mol. The van der Waals surface area contributed by atoms with Crippen molar-refractivity contribution in [2.24, 2.45) is 5.50 Å². The zero-order valence-electron chi connectivity index (χ0n) is 12.2. The largest absolute Gasteiger partial charge is 0.353 e. The number of hydrogen-bond donors (Lipinski definition) is 4. The third-order valence-corrected chi connectivity index (χ3v) is 4.78. The van der Waals surface area contributed by atoms with E-state index in [4.69, 9.17) is 5.50 Å². The van der Waals surface area contributed by atoms with Crippen LogP contribution in [0.15, 0.2) is 6.20 Å². The second-order valence-electron chi connectivity index (χ2n) is 5.51. The standard InChI is InChI=1S/C11H19N8O2P/c1-2-7-5-8(3-4-22(12,20)21)19-6-9(14-11(19)13-7)10-15-17-18-16-10/h6-8H,2-5H2,1H3,(H,13,14)(H3,12,20,21)(H,15,16,17,18). The maximum absolute atomic E-state index is 11.4. The second kappa shape index (κ2) is 5.79. The Morgan fingerprint density at radius 3 is 3.05 bits per heavy atom. The van der Waals surface area contributed by atoms with E-state index >= 15 is 0 Å². The fourth-order valence-corrected chi connectivity index (χ4v) is 3.37. The lowest BCUT2D eigenvalue weighted by Gasteiger charge is -2.32. The molecule has 0 fully saturated rings. The van der Waals surface area contributed by atoms with Crippen LogP contribution in [0.5, 0.6) is 0 Å². The van der Waals surface area contributed by atoms with Gasteiger partial charge in [-0.05, 0) is 29.7 Å². The van der Waals surface area contributed by atoms with Gasteiger partial charge in [-0.2, -0.15) is 0 Å². The van der Waals surface area contributed by atoms with Gasteiger partial charge in [0, 0.05) is 24.4 Å². The molecule has 11 heteroatoms. The van der Waals surface area contributed by atoms with E-state index in [1.54, 1.807) is 0 Å². The number of aromatic amines is 1. The number of tetrazole rings is 1. The van der Waals surface area contributed by atoms with Gasteiger partial charge >= 0.3 is 0 Å². The molecule has 3 atom stereocenters. The fourth-order valence-electron chi connectivity index (χ4n) is 2.70. The fraction of sp³-hybridized carbons (Fsp3) is 0.636. The van der Waals surface area contributed by atoms with Gasteiger partial charge in [-0.25, -0.2) is 10.1 Å². The minimum atomic E-state index is -3.51. The summed E-state index contributed by atoms with van der Waals surface area (Å²) in [6.45, 7) is 2.09. The van der Waals surface area contributed by atoms with E-state index in [1.165, 1.54) is 0 Å². The number of rotatable bonds is 5. The van der Waals surface area contributed by atoms with Crippen LogP contribution in [-0.2, 0) is 4.57 Å². The smallest absolute Gasteiger partial charge is 0.264 e. The van der Waals surface area contributed by atoms with Gasteiger partial charge in [-0.15, -0.1) is 5.10 Å². The van der Waals surface area contributed by atoms with Gasteiger partial charge < -0.3 is 14.8 Å². The highest BCUT2D eigenvalue weighted by Crippen LogP contribution is 2.38. The Balaban J connectivity index is 1.88. The van der Waals surface area contributed by atoms with Crippen LogP contribution >= 0.6 is 7.52 Å². The topological polar surface area (TPSA) is 148 Å². The van der Waals surface area contributed by atoms with E-state index in [-0.39, 0.29) is 18.2 Å². The molecule has 0 amide bonds. The molecule has 0 radical (unpaired) electrons. The molecule has 3 unspecified atom stereocenters. The van der Waals surface area contributed by atoms with Crippen molar-refractivity contribution in [3.05, 3.63) is 6.20 Å². The summed E-state index contributed by atoms with van der Waals surface area (Å²) in [5.41, 5.74) is 5.89. The lowest BCUT2D eigenvalue weighted by atomic mass is 10.0. The first-order valence-electron chi connectivity index (χ1n) is 7.16. The first-order chi connectivity index (χ1) is 10.5. The van der Waals surface area contributed by atoms with Gasteiger partial charge in [0.25, 0.3) is 7.52 Å². The number of aromatic nitrogens is 6. The summed E-state index contributed by atoms with van der Waals surface area (Å²) in [4.78, 5) is 13.8. The molecule has 22 heavy (non-hydrogen) atoms. The van der Waals surface area contributed by atoms with Crippen LogP contribution in [0.2, 0.25) is 0 Å². The summed E-state index contributed by atoms with van der Waals surface area (Å²) in [6.07, 6.45) is 4.26. The summed E-state index contributed by atoms with van der Waals surface area (Å²) in [6, 6.07) is 0.346. The molecule has 2 aromatic rings. The molecule has 0 bridgehead atoms. The molecule has 1 aliphatic heterocycles. The van der Waals surface area contributed by atoms with Crippen molar-refractivity contribution in [3.63, 3.8) is 0 Å². The lowest BCUT2D eigenvalue weighted by Crippen LogP contribution is -2.32. The molecule has 0 aliphatic carbocycles. The molecule has 3 heterocycles. The Morgan fingerprint density at radius 1 is 1.59 bits per heavy atom. The maximum atomic E-state index is 11.4. The van der Waals surface area contributed by atoms with Gasteiger partial charge in [-0.1, -0.05) is 6.92 Å². The molecule has 5 N–H and O–H groups in total. The Kier molecular flexibility index (Phi) is 3.98. The number of hydrogen-bond acceptors (Lipinski definition) is 6. The van der Waals surface area contributed by atoms with Crippen molar-refractivity contribution >= 4 is 13.5 Å². The monoisotopic (exact) mass is 326 g/mol. The van der Waals surface area contributed by atoms with E-state index in [2.05, 4.69) is 37.8 Å². The van der Waals surface area contributed by atoms with Gasteiger partial charge in [0.15, 0.2) is 5.82 Å². The first-order valence-corrected chi connectivity index (χ1v) is 9.07. The molecule has 0 saturated heterocycles. The highest BCUT2D eigenvalue weighted by molar-refractivity contribution is 7.55. The zero-order chi connectivity index (χ0) is 15.7. The van der Waals surface area contributed by atoms with Crippen molar-refractivity contribution in [1.82, 2.24) is 30.2 Å². The Labute approximate surface area is 127 Å². The van der Waals surface area contributed by atoms with E-state index in [1.807, 2.05) is 10.8 Å². The van der Waals surface area contributed by atoms with Crippen molar-refractivity contribution < 1.29 is 9.46 Å². The minimum Gasteiger partial charge on any atom is -0.353 e. The van der Waals surface area contributed by atoms with Crippen LogP contribution in [0, 0.1) is 0 Å². The number of H-pyrrole nitrogens is 1. The predicted molar refractivity (Wildman–Crippen MR) is 80.3 cm³/mol. The summed E-state index contributed by atoms with van der Waals surface area (Å²) in [5.74, 6) is 1.21. The predicted octanol–water partition coefficient (Wildman–Crippen LogP) is 0.733. The third kappa shape index (κ3) is 3.18. The van der Waals surface area contributed by atoms with E-state index in [0.717, 1.165) is 18.8 Å². The summed E-state index contributed by atoms with van der Waals surface area (Å²) in [5, 5.41) is 17.0. The van der Waals surface area contributed by atoms with Gasteiger partial charge in [0.2, 0.25) is 5.95 Å². The molecule has 1 aliphatic rings. The summed E-state index contributed by atoms with van der Waals surface area (Å²) < 4.78 is 13.3. The number of nitrogens with one attached hydrogen (secondary N) is 2. The van der Waals surface area contributed by atoms with E-state index < -0.39 is 7.52 Å². The Morgan fingerprint density at radius 2 is 2.41 bits per heavy atom. The second-order valence-corrected chi connectivity index (χ2v) is 7.47. The van der Waals surface area contributed by atoms with Crippen LogP contribution in [0.4, 0.5) is 5.95 Å². The molecule has 0 saturated carbocycles. The van der Waals surface area contributed by atoms with Crippen molar-refractivity contribution in [2.75, 3.05) is 11.5 Å². The van der Waals surface area contributed by atoms with E-state index in [0.29, 0.717) is 17.9 Å². The van der Waals surface area contributed by atoms with Crippen LogP contribution in [0.3, 0.4) is 0 Å². The van der Waals surface area contributed by atoms with Crippen molar-refractivity contribution in [1.29, 1.82) is 0 Å². The number of fused-ring (bicyclic) bond motifs is 1. The highest BCUT2D eigenvalue weighted by atomic mass is 31.2. The maximum Gasteiger partial charge on any atom is 0.264 e. The molecule has 3 rings (SSSR count). The lowest BCUT2D eigenvalue weighted by molar-refractivity contribution is 0.385. The van der Waals surface area contributed by atoms with Crippen molar-refractivity contribution in [3.8, 4) is 11.5 Å². The SMILES string of the molecule is CCC1CC(CCP(N)(=O)O)n2cc(-c3nnn[nH]3)nc2N1. The quantitative estimate of drug-likeness (QED) is 0.588. The van der Waals surface area contributed by atoms with Crippen LogP contribution in [-0.4, -0.2) is 47.3 Å².